The van der Waals surface area contributed by atoms with Crippen molar-refractivity contribution in [1.82, 2.24) is 14.9 Å². The number of ether oxygens (including phenoxy) is 1. The smallest absolute Gasteiger partial charge is 0.220 e. The minimum Gasteiger partial charge on any atom is -0.494 e. The SMILES string of the molecule is CCC(=O)NC(C)c1nc2ccccc2n1CCCOc1cc(C)c(Cl)c(C)c1. The van der Waals surface area contributed by atoms with E-state index in [1.165, 1.54) is 0 Å². The Balaban J connectivity index is 1.72. The number of benzene rings is 2. The summed E-state index contributed by atoms with van der Waals surface area (Å²) in [6.45, 7) is 9.13. The lowest BCUT2D eigenvalue weighted by Gasteiger charge is -2.16. The van der Waals surface area contributed by atoms with E-state index in [1.54, 1.807) is 0 Å². The van der Waals surface area contributed by atoms with Gasteiger partial charge in [-0.05, 0) is 62.6 Å². The zero-order chi connectivity index (χ0) is 21.0. The van der Waals surface area contributed by atoms with Gasteiger partial charge in [0.25, 0.3) is 0 Å². The molecule has 3 aromatic rings. The number of amides is 1. The highest BCUT2D eigenvalue weighted by atomic mass is 35.5. The first-order valence-corrected chi connectivity index (χ1v) is 10.4. The minimum atomic E-state index is -0.155. The Morgan fingerprint density at radius 2 is 1.93 bits per heavy atom. The summed E-state index contributed by atoms with van der Waals surface area (Å²) in [7, 11) is 0. The van der Waals surface area contributed by atoms with E-state index in [4.69, 9.17) is 21.3 Å². The molecule has 0 saturated carbocycles. The van der Waals surface area contributed by atoms with Crippen molar-refractivity contribution < 1.29 is 9.53 Å². The van der Waals surface area contributed by atoms with Crippen molar-refractivity contribution in [3.8, 4) is 5.75 Å². The van der Waals surface area contributed by atoms with Gasteiger partial charge in [-0.15, -0.1) is 0 Å². The molecule has 6 heteroatoms. The quantitative estimate of drug-likeness (QED) is 0.505. The van der Waals surface area contributed by atoms with Crippen LogP contribution in [0.1, 0.15) is 49.7 Å². The number of hydrogen-bond acceptors (Lipinski definition) is 3. The van der Waals surface area contributed by atoms with Gasteiger partial charge in [-0.2, -0.15) is 0 Å². The highest BCUT2D eigenvalue weighted by Crippen LogP contribution is 2.26. The normalized spacial score (nSPS) is 12.2. The van der Waals surface area contributed by atoms with Gasteiger partial charge in [-0.1, -0.05) is 30.7 Å². The molecular weight excluding hydrogens is 386 g/mol. The van der Waals surface area contributed by atoms with Crippen LogP contribution in [0.15, 0.2) is 36.4 Å². The second kappa shape index (κ2) is 9.31. The standard InChI is InChI=1S/C23H28ClN3O2/c1-5-21(28)25-17(4)23-26-19-9-6-7-10-20(19)27(23)11-8-12-29-18-13-15(2)22(24)16(3)14-18/h6-7,9-10,13-14,17H,5,8,11-12H2,1-4H3,(H,25,28). The molecule has 5 nitrogen and oxygen atoms in total. The number of hydrogen-bond donors (Lipinski definition) is 1. The fraction of sp³-hybridized carbons (Fsp3) is 0.391. The average molecular weight is 414 g/mol. The van der Waals surface area contributed by atoms with Gasteiger partial charge < -0.3 is 14.6 Å². The monoisotopic (exact) mass is 413 g/mol. The lowest BCUT2D eigenvalue weighted by molar-refractivity contribution is -0.121. The second-order valence-corrected chi connectivity index (χ2v) is 7.70. The molecule has 1 unspecified atom stereocenters. The van der Waals surface area contributed by atoms with Crippen LogP contribution in [0.2, 0.25) is 5.02 Å². The number of aromatic nitrogens is 2. The molecule has 0 aliphatic heterocycles. The third-order valence-electron chi connectivity index (χ3n) is 4.97. The van der Waals surface area contributed by atoms with Gasteiger partial charge in [0.05, 0.1) is 23.7 Å². The third kappa shape index (κ3) is 4.91. The number of carbonyl (C=O) groups excluding carboxylic acids is 1. The number of rotatable bonds is 8. The first-order valence-electron chi connectivity index (χ1n) is 10.0. The van der Waals surface area contributed by atoms with Gasteiger partial charge in [-0.25, -0.2) is 4.98 Å². The van der Waals surface area contributed by atoms with Crippen LogP contribution in [0, 0.1) is 13.8 Å². The number of aryl methyl sites for hydroxylation is 3. The van der Waals surface area contributed by atoms with Crippen molar-refractivity contribution in [2.45, 2.75) is 53.1 Å². The summed E-state index contributed by atoms with van der Waals surface area (Å²) in [5.41, 5.74) is 4.04. The van der Waals surface area contributed by atoms with E-state index in [0.717, 1.165) is 51.7 Å². The third-order valence-corrected chi connectivity index (χ3v) is 5.57. The summed E-state index contributed by atoms with van der Waals surface area (Å²) in [4.78, 5) is 16.6. The van der Waals surface area contributed by atoms with Crippen LogP contribution < -0.4 is 10.1 Å². The topological polar surface area (TPSA) is 56.2 Å². The maximum atomic E-state index is 11.8. The predicted octanol–water partition coefficient (Wildman–Crippen LogP) is 5.36. The van der Waals surface area contributed by atoms with Crippen molar-refractivity contribution in [3.63, 3.8) is 0 Å². The Morgan fingerprint density at radius 3 is 2.62 bits per heavy atom. The molecule has 1 atom stereocenters. The number of nitrogens with zero attached hydrogens (tertiary/aromatic N) is 2. The summed E-state index contributed by atoms with van der Waals surface area (Å²) in [6.07, 6.45) is 1.28. The zero-order valence-electron chi connectivity index (χ0n) is 17.5. The number of fused-ring (bicyclic) bond motifs is 1. The highest BCUT2D eigenvalue weighted by molar-refractivity contribution is 6.32. The Hall–Kier alpha value is -2.53. The first kappa shape index (κ1) is 21.2. The molecule has 29 heavy (non-hydrogen) atoms. The Labute approximate surface area is 177 Å². The van der Waals surface area contributed by atoms with Gasteiger partial charge in [0.1, 0.15) is 11.6 Å². The summed E-state index contributed by atoms with van der Waals surface area (Å²) in [6, 6.07) is 11.8. The summed E-state index contributed by atoms with van der Waals surface area (Å²) < 4.78 is 8.13. The van der Waals surface area contributed by atoms with Crippen LogP contribution >= 0.6 is 11.6 Å². The number of halogens is 1. The van der Waals surface area contributed by atoms with Crippen LogP contribution in [0.25, 0.3) is 11.0 Å². The summed E-state index contributed by atoms with van der Waals surface area (Å²) >= 11 is 6.23. The molecule has 0 saturated heterocycles. The Kier molecular flexibility index (Phi) is 6.80. The molecule has 1 amide bonds. The average Bonchev–Trinajstić information content (AvgIpc) is 3.08. The molecule has 1 N–H and O–H groups in total. The Bertz CT molecular complexity index is 990. The minimum absolute atomic E-state index is 0.0212. The second-order valence-electron chi connectivity index (χ2n) is 7.33. The molecule has 0 fully saturated rings. The van der Waals surface area contributed by atoms with Crippen molar-refractivity contribution in [2.24, 2.45) is 0 Å². The molecule has 0 bridgehead atoms. The van der Waals surface area contributed by atoms with E-state index >= 15 is 0 Å². The van der Waals surface area contributed by atoms with E-state index in [2.05, 4.69) is 16.0 Å². The summed E-state index contributed by atoms with van der Waals surface area (Å²) in [5.74, 6) is 1.72. The van der Waals surface area contributed by atoms with Crippen LogP contribution in [-0.2, 0) is 11.3 Å². The van der Waals surface area contributed by atoms with Crippen molar-refractivity contribution >= 4 is 28.5 Å². The number of carbonyl (C=O) groups is 1. The van der Waals surface area contributed by atoms with E-state index in [-0.39, 0.29) is 11.9 Å². The van der Waals surface area contributed by atoms with Crippen LogP contribution in [-0.4, -0.2) is 22.1 Å². The molecule has 0 aliphatic rings. The molecular formula is C23H28ClN3O2. The van der Waals surface area contributed by atoms with Gasteiger partial charge in [0.2, 0.25) is 5.91 Å². The lowest BCUT2D eigenvalue weighted by atomic mass is 10.1. The maximum Gasteiger partial charge on any atom is 0.220 e. The number of nitrogens with one attached hydrogen (secondary N) is 1. The molecule has 2 aromatic carbocycles. The molecule has 0 aliphatic carbocycles. The summed E-state index contributed by atoms with van der Waals surface area (Å²) in [5, 5.41) is 3.80. The Morgan fingerprint density at radius 1 is 1.24 bits per heavy atom. The van der Waals surface area contributed by atoms with Gasteiger partial charge in [-0.3, -0.25) is 4.79 Å². The van der Waals surface area contributed by atoms with Crippen LogP contribution in [0.3, 0.4) is 0 Å². The van der Waals surface area contributed by atoms with E-state index in [9.17, 15) is 4.79 Å². The molecule has 154 valence electrons. The fourth-order valence-electron chi connectivity index (χ4n) is 3.47. The van der Waals surface area contributed by atoms with Gasteiger partial charge in [0.15, 0.2) is 0 Å². The zero-order valence-corrected chi connectivity index (χ0v) is 18.2. The van der Waals surface area contributed by atoms with E-state index < -0.39 is 0 Å². The van der Waals surface area contributed by atoms with Crippen molar-refractivity contribution in [1.29, 1.82) is 0 Å². The lowest BCUT2D eigenvalue weighted by Crippen LogP contribution is -2.28. The van der Waals surface area contributed by atoms with E-state index in [0.29, 0.717) is 13.0 Å². The predicted molar refractivity (Wildman–Crippen MR) is 118 cm³/mol. The first-order chi connectivity index (χ1) is 13.9. The molecule has 1 heterocycles. The maximum absolute atomic E-state index is 11.8. The number of para-hydroxylation sites is 2. The van der Waals surface area contributed by atoms with Crippen LogP contribution in [0.4, 0.5) is 0 Å². The van der Waals surface area contributed by atoms with Crippen molar-refractivity contribution in [3.05, 3.63) is 58.4 Å². The number of imidazole rings is 1. The van der Waals surface area contributed by atoms with Crippen molar-refractivity contribution in [2.75, 3.05) is 6.61 Å². The fourth-order valence-corrected chi connectivity index (χ4v) is 3.58. The van der Waals surface area contributed by atoms with Gasteiger partial charge >= 0.3 is 0 Å². The molecule has 1 aromatic heterocycles. The highest BCUT2D eigenvalue weighted by Gasteiger charge is 2.17. The molecule has 0 spiro atoms. The largest absolute Gasteiger partial charge is 0.494 e. The van der Waals surface area contributed by atoms with Crippen LogP contribution in [0.5, 0.6) is 5.75 Å². The van der Waals surface area contributed by atoms with E-state index in [1.807, 2.05) is 58.0 Å². The molecule has 3 rings (SSSR count). The van der Waals surface area contributed by atoms with Gasteiger partial charge in [0, 0.05) is 18.0 Å². The molecule has 0 radical (unpaired) electrons.